The number of nitrogens with zero attached hydrogens (tertiary/aromatic N) is 4. The van der Waals surface area contributed by atoms with Crippen LogP contribution in [-0.4, -0.2) is 57.8 Å². The number of nitrogens with one attached hydrogen (secondary N) is 2. The van der Waals surface area contributed by atoms with Gasteiger partial charge in [-0.1, -0.05) is 6.92 Å². The average molecular weight is 521 g/mol. The van der Waals surface area contributed by atoms with E-state index in [1.165, 1.54) is 10.7 Å². The first-order chi connectivity index (χ1) is 16.5. The topological polar surface area (TPSA) is 86.8 Å². The van der Waals surface area contributed by atoms with Gasteiger partial charge in [0.1, 0.15) is 0 Å². The molecule has 0 aliphatic rings. The molecule has 0 radical (unpaired) electrons. The molecule has 186 valence electrons. The van der Waals surface area contributed by atoms with Crippen molar-refractivity contribution in [1.82, 2.24) is 24.8 Å². The van der Waals surface area contributed by atoms with Crippen LogP contribution in [0.25, 0.3) is 0 Å². The number of aromatic amines is 1. The number of thiazole rings is 2. The minimum Gasteiger partial charge on any atom is -0.356 e. The van der Waals surface area contributed by atoms with Crippen LogP contribution >= 0.6 is 34.4 Å². The second-order valence-electron chi connectivity index (χ2n) is 8.45. The monoisotopic (exact) mass is 520 g/mol. The standard InChI is InChI=1S/C24H36N6OS3/c1-4-20-19(8-5-9-21-25-12-15-33-21)23(31)29-24(28-20)26-11-7-14-32-16-18-17-34-22(27-18)10-6-13-30(2)3/h12,15,17H,4-11,13-14,16H2,1-3H3,(H2,26,28,29,31). The predicted molar refractivity (Wildman–Crippen MR) is 147 cm³/mol. The number of hydrogen-bond acceptors (Lipinski definition) is 9. The van der Waals surface area contributed by atoms with Crippen LogP contribution in [0.4, 0.5) is 5.95 Å². The van der Waals surface area contributed by atoms with E-state index in [9.17, 15) is 4.79 Å². The van der Waals surface area contributed by atoms with E-state index in [2.05, 4.69) is 51.6 Å². The Balaban J connectivity index is 1.35. The molecule has 10 heteroatoms. The van der Waals surface area contributed by atoms with Crippen molar-refractivity contribution in [3.8, 4) is 0 Å². The van der Waals surface area contributed by atoms with Gasteiger partial charge in [-0.3, -0.25) is 9.78 Å². The summed E-state index contributed by atoms with van der Waals surface area (Å²) in [4.78, 5) is 31.5. The van der Waals surface area contributed by atoms with Crippen molar-refractivity contribution in [1.29, 1.82) is 0 Å². The van der Waals surface area contributed by atoms with Crippen LogP contribution < -0.4 is 10.9 Å². The van der Waals surface area contributed by atoms with Crippen LogP contribution in [-0.2, 0) is 31.4 Å². The molecular formula is C24H36N6OS3. The van der Waals surface area contributed by atoms with Crippen molar-refractivity contribution >= 4 is 40.4 Å². The smallest absolute Gasteiger partial charge is 0.255 e. The first-order valence-electron chi connectivity index (χ1n) is 11.9. The Morgan fingerprint density at radius 1 is 1.09 bits per heavy atom. The van der Waals surface area contributed by atoms with Gasteiger partial charge in [-0.2, -0.15) is 11.8 Å². The molecule has 3 aromatic rings. The molecule has 0 fully saturated rings. The molecule has 0 saturated carbocycles. The maximum atomic E-state index is 12.6. The van der Waals surface area contributed by atoms with E-state index in [0.29, 0.717) is 5.95 Å². The zero-order valence-electron chi connectivity index (χ0n) is 20.4. The highest BCUT2D eigenvalue weighted by Gasteiger charge is 2.11. The van der Waals surface area contributed by atoms with Gasteiger partial charge in [0, 0.05) is 41.2 Å². The SMILES string of the molecule is CCc1nc(NCCCSCc2csc(CCCN(C)C)n2)[nH]c(=O)c1CCCc1nccs1. The molecule has 3 heterocycles. The van der Waals surface area contributed by atoms with Crippen molar-refractivity contribution in [3.05, 3.63) is 54.3 Å². The molecule has 3 aromatic heterocycles. The zero-order chi connectivity index (χ0) is 24.2. The van der Waals surface area contributed by atoms with E-state index in [1.807, 2.05) is 23.3 Å². The Hall–Kier alpha value is -1.75. The molecule has 3 rings (SSSR count). The lowest BCUT2D eigenvalue weighted by atomic mass is 10.1. The van der Waals surface area contributed by atoms with Gasteiger partial charge >= 0.3 is 0 Å². The van der Waals surface area contributed by atoms with E-state index < -0.39 is 0 Å². The van der Waals surface area contributed by atoms with Gasteiger partial charge in [-0.05, 0) is 64.9 Å². The van der Waals surface area contributed by atoms with Crippen LogP contribution in [0.1, 0.15) is 53.2 Å². The van der Waals surface area contributed by atoms with Crippen molar-refractivity contribution in [2.75, 3.05) is 38.3 Å². The van der Waals surface area contributed by atoms with Gasteiger partial charge in [-0.25, -0.2) is 15.0 Å². The quantitative estimate of drug-likeness (QED) is 0.266. The van der Waals surface area contributed by atoms with Gasteiger partial charge in [0.05, 0.1) is 21.4 Å². The van der Waals surface area contributed by atoms with Crippen molar-refractivity contribution < 1.29 is 0 Å². The molecule has 0 saturated heterocycles. The third-order valence-electron chi connectivity index (χ3n) is 5.34. The van der Waals surface area contributed by atoms with Gasteiger partial charge in [0.25, 0.3) is 5.56 Å². The minimum absolute atomic E-state index is 0.0206. The lowest BCUT2D eigenvalue weighted by Crippen LogP contribution is -2.21. The molecule has 0 aliphatic heterocycles. The molecular weight excluding hydrogens is 485 g/mol. The number of rotatable bonds is 16. The minimum atomic E-state index is -0.0206. The summed E-state index contributed by atoms with van der Waals surface area (Å²) in [5.41, 5.74) is 2.87. The van der Waals surface area contributed by atoms with E-state index >= 15 is 0 Å². The normalized spacial score (nSPS) is 11.4. The average Bonchev–Trinajstić information content (AvgIpc) is 3.49. The van der Waals surface area contributed by atoms with Crippen LogP contribution in [0.3, 0.4) is 0 Å². The summed E-state index contributed by atoms with van der Waals surface area (Å²) >= 11 is 5.34. The van der Waals surface area contributed by atoms with Crippen LogP contribution in [0.5, 0.6) is 0 Å². The van der Waals surface area contributed by atoms with E-state index in [4.69, 9.17) is 4.98 Å². The first kappa shape index (κ1) is 26.8. The van der Waals surface area contributed by atoms with Crippen LogP contribution in [0.15, 0.2) is 21.8 Å². The van der Waals surface area contributed by atoms with Gasteiger partial charge in [0.15, 0.2) is 0 Å². The van der Waals surface area contributed by atoms with Crippen molar-refractivity contribution in [2.24, 2.45) is 0 Å². The molecule has 34 heavy (non-hydrogen) atoms. The number of aromatic nitrogens is 4. The Morgan fingerprint density at radius 2 is 1.94 bits per heavy atom. The van der Waals surface area contributed by atoms with Crippen LogP contribution in [0.2, 0.25) is 0 Å². The third kappa shape index (κ3) is 9.13. The molecule has 0 spiro atoms. The molecule has 0 aromatic carbocycles. The molecule has 2 N–H and O–H groups in total. The fourth-order valence-corrected chi connectivity index (χ4v) is 6.06. The molecule has 7 nitrogen and oxygen atoms in total. The summed E-state index contributed by atoms with van der Waals surface area (Å²) in [6.45, 7) is 3.95. The molecule has 0 amide bonds. The Kier molecular flexibility index (Phi) is 11.5. The number of H-pyrrole nitrogens is 1. The fourth-order valence-electron chi connectivity index (χ4n) is 3.61. The van der Waals surface area contributed by atoms with Gasteiger partial charge < -0.3 is 10.2 Å². The lowest BCUT2D eigenvalue weighted by molar-refractivity contribution is 0.400. The predicted octanol–water partition coefficient (Wildman–Crippen LogP) is 4.65. The van der Waals surface area contributed by atoms with E-state index in [1.54, 1.807) is 22.7 Å². The summed E-state index contributed by atoms with van der Waals surface area (Å²) in [7, 11) is 4.22. The number of anilines is 1. The molecule has 0 aliphatic carbocycles. The molecule has 0 unspecified atom stereocenters. The number of aryl methyl sites for hydroxylation is 3. The highest BCUT2D eigenvalue weighted by Crippen LogP contribution is 2.18. The first-order valence-corrected chi connectivity index (χ1v) is 14.9. The van der Waals surface area contributed by atoms with Gasteiger partial charge in [-0.15, -0.1) is 22.7 Å². The Labute approximate surface area is 214 Å². The summed E-state index contributed by atoms with van der Waals surface area (Å²) in [6.07, 6.45) is 8.35. The Morgan fingerprint density at radius 3 is 2.71 bits per heavy atom. The largest absolute Gasteiger partial charge is 0.356 e. The number of hydrogen-bond donors (Lipinski definition) is 2. The van der Waals surface area contributed by atoms with Crippen LogP contribution in [0, 0.1) is 0 Å². The molecule has 0 atom stereocenters. The van der Waals surface area contributed by atoms with E-state index in [0.717, 1.165) is 85.8 Å². The maximum absolute atomic E-state index is 12.6. The Bertz CT molecular complexity index is 1030. The highest BCUT2D eigenvalue weighted by atomic mass is 32.2. The second-order valence-corrected chi connectivity index (χ2v) is 11.5. The lowest BCUT2D eigenvalue weighted by Gasteiger charge is -2.10. The third-order valence-corrected chi connectivity index (χ3v) is 8.21. The second kappa shape index (κ2) is 14.6. The maximum Gasteiger partial charge on any atom is 0.255 e. The summed E-state index contributed by atoms with van der Waals surface area (Å²) < 4.78 is 0. The van der Waals surface area contributed by atoms with Crippen molar-refractivity contribution in [2.45, 2.75) is 57.6 Å². The fraction of sp³-hybridized carbons (Fsp3) is 0.583. The van der Waals surface area contributed by atoms with E-state index in [-0.39, 0.29) is 5.56 Å². The molecule has 0 bridgehead atoms. The van der Waals surface area contributed by atoms with Gasteiger partial charge in [0.2, 0.25) is 5.95 Å². The zero-order valence-corrected chi connectivity index (χ0v) is 22.9. The highest BCUT2D eigenvalue weighted by molar-refractivity contribution is 7.98. The summed E-state index contributed by atoms with van der Waals surface area (Å²) in [5.74, 6) is 2.58. The summed E-state index contributed by atoms with van der Waals surface area (Å²) in [5, 5.41) is 9.84. The summed E-state index contributed by atoms with van der Waals surface area (Å²) in [6, 6.07) is 0. The number of thioether (sulfide) groups is 1. The van der Waals surface area contributed by atoms with Crippen molar-refractivity contribution in [3.63, 3.8) is 0 Å².